The average Bonchev–Trinajstić information content (AvgIpc) is 2.55. The number of benzene rings is 1. The minimum Gasteiger partial charge on any atom is -0.453 e. The normalized spacial score (nSPS) is 15.2. The molecule has 0 unspecified atom stereocenters. The number of aromatic nitrogens is 1. The number of hydrogen-bond acceptors (Lipinski definition) is 4. The molecule has 0 radical (unpaired) electrons. The van der Waals surface area contributed by atoms with Gasteiger partial charge in [-0.05, 0) is 18.2 Å². The number of anilines is 1. The summed E-state index contributed by atoms with van der Waals surface area (Å²) < 4.78 is 19.4. The molecule has 2 aromatic rings. The Labute approximate surface area is 132 Å². The van der Waals surface area contributed by atoms with E-state index >= 15 is 0 Å². The summed E-state index contributed by atoms with van der Waals surface area (Å²) in [7, 11) is 1.35. The monoisotopic (exact) mass is 323 g/mol. The summed E-state index contributed by atoms with van der Waals surface area (Å²) in [4.78, 5) is 19.1. The Morgan fingerprint density at radius 1 is 1.27 bits per heavy atom. The number of hydrogen-bond donors (Lipinski definition) is 0. The Kier molecular flexibility index (Phi) is 4.02. The van der Waals surface area contributed by atoms with E-state index in [1.54, 1.807) is 23.1 Å². The Morgan fingerprint density at radius 2 is 2.00 bits per heavy atom. The topological polar surface area (TPSA) is 45.7 Å². The molecule has 0 saturated carbocycles. The molecule has 1 saturated heterocycles. The number of ether oxygens (including phenoxy) is 1. The fourth-order valence-electron chi connectivity index (χ4n) is 2.64. The fourth-order valence-corrected chi connectivity index (χ4v) is 2.85. The molecule has 1 fully saturated rings. The first kappa shape index (κ1) is 14.8. The van der Waals surface area contributed by atoms with Gasteiger partial charge in [0, 0.05) is 37.8 Å². The van der Waals surface area contributed by atoms with Gasteiger partial charge in [0.2, 0.25) is 0 Å². The smallest absolute Gasteiger partial charge is 0.409 e. The lowest BCUT2D eigenvalue weighted by Crippen LogP contribution is -2.49. The number of methoxy groups -OCH3 is 1. The molecule has 1 aromatic heterocycles. The van der Waals surface area contributed by atoms with Crippen LogP contribution >= 0.6 is 11.6 Å². The summed E-state index contributed by atoms with van der Waals surface area (Å²) in [5.74, 6) is -0.383. The van der Waals surface area contributed by atoms with Crippen LogP contribution in [0.25, 0.3) is 10.9 Å². The molecule has 3 rings (SSSR count). The third-order valence-electron chi connectivity index (χ3n) is 3.83. The summed E-state index contributed by atoms with van der Waals surface area (Å²) in [5.41, 5.74) is 0.743. The highest BCUT2D eigenvalue weighted by molar-refractivity contribution is 6.35. The Balaban J connectivity index is 1.86. The van der Waals surface area contributed by atoms with Crippen molar-refractivity contribution in [1.29, 1.82) is 0 Å². The standard InChI is InChI=1S/C15H15ClFN3O2/c1-22-15(21)20-8-6-19(7-9-20)12-3-2-10-11(16)4-5-18-14(10)13(12)17/h2-5H,6-9H2,1H3. The molecular weight excluding hydrogens is 309 g/mol. The van der Waals surface area contributed by atoms with Crippen molar-refractivity contribution in [2.24, 2.45) is 0 Å². The molecule has 0 N–H and O–H groups in total. The van der Waals surface area contributed by atoms with Crippen LogP contribution in [0.4, 0.5) is 14.9 Å². The van der Waals surface area contributed by atoms with Crippen molar-refractivity contribution in [3.05, 3.63) is 35.2 Å². The molecule has 0 aliphatic carbocycles. The molecule has 0 spiro atoms. The number of carbonyl (C=O) groups excluding carboxylic acids is 1. The molecule has 116 valence electrons. The van der Waals surface area contributed by atoms with E-state index in [-0.39, 0.29) is 17.4 Å². The lowest BCUT2D eigenvalue weighted by Gasteiger charge is -2.35. The van der Waals surface area contributed by atoms with Gasteiger partial charge in [-0.2, -0.15) is 0 Å². The number of carbonyl (C=O) groups is 1. The SMILES string of the molecule is COC(=O)N1CCN(c2ccc3c(Cl)ccnc3c2F)CC1. The van der Waals surface area contributed by atoms with E-state index in [1.165, 1.54) is 13.3 Å². The lowest BCUT2D eigenvalue weighted by molar-refractivity contribution is 0.121. The molecule has 1 amide bonds. The third kappa shape index (κ3) is 2.54. The van der Waals surface area contributed by atoms with E-state index < -0.39 is 0 Å². The van der Waals surface area contributed by atoms with E-state index in [2.05, 4.69) is 4.98 Å². The zero-order chi connectivity index (χ0) is 15.7. The van der Waals surface area contributed by atoms with Crippen molar-refractivity contribution >= 4 is 34.3 Å². The number of halogens is 2. The van der Waals surface area contributed by atoms with Crippen molar-refractivity contribution < 1.29 is 13.9 Å². The van der Waals surface area contributed by atoms with Crippen LogP contribution in [0.15, 0.2) is 24.4 Å². The van der Waals surface area contributed by atoms with E-state index in [4.69, 9.17) is 16.3 Å². The number of piperazine rings is 1. The minimum absolute atomic E-state index is 0.264. The van der Waals surface area contributed by atoms with Gasteiger partial charge in [-0.25, -0.2) is 9.18 Å². The number of fused-ring (bicyclic) bond motifs is 1. The number of pyridine rings is 1. The molecule has 7 heteroatoms. The molecule has 0 atom stereocenters. The van der Waals surface area contributed by atoms with Gasteiger partial charge in [-0.3, -0.25) is 4.98 Å². The van der Waals surface area contributed by atoms with Gasteiger partial charge in [0.1, 0.15) is 5.52 Å². The lowest BCUT2D eigenvalue weighted by atomic mass is 10.1. The molecule has 5 nitrogen and oxygen atoms in total. The predicted octanol–water partition coefficient (Wildman–Crippen LogP) is 2.92. The van der Waals surface area contributed by atoms with Gasteiger partial charge >= 0.3 is 6.09 Å². The second-order valence-electron chi connectivity index (χ2n) is 5.03. The first-order chi connectivity index (χ1) is 10.6. The molecular formula is C15H15ClFN3O2. The van der Waals surface area contributed by atoms with Crippen LogP contribution in [0.5, 0.6) is 0 Å². The molecule has 1 aromatic carbocycles. The second kappa shape index (κ2) is 5.96. The van der Waals surface area contributed by atoms with Crippen LogP contribution in [-0.2, 0) is 4.74 Å². The first-order valence-corrected chi connectivity index (χ1v) is 7.30. The summed E-state index contributed by atoms with van der Waals surface area (Å²) in [5, 5.41) is 1.07. The van der Waals surface area contributed by atoms with Gasteiger partial charge in [-0.15, -0.1) is 0 Å². The average molecular weight is 324 g/mol. The molecule has 1 aliphatic heterocycles. The van der Waals surface area contributed by atoms with Gasteiger partial charge in [0.15, 0.2) is 5.82 Å². The van der Waals surface area contributed by atoms with Crippen molar-refractivity contribution in [2.75, 3.05) is 38.2 Å². The van der Waals surface area contributed by atoms with Crippen molar-refractivity contribution in [1.82, 2.24) is 9.88 Å². The Hall–Kier alpha value is -2.08. The van der Waals surface area contributed by atoms with E-state index in [0.29, 0.717) is 42.3 Å². The van der Waals surface area contributed by atoms with Crippen LogP contribution in [-0.4, -0.2) is 49.3 Å². The zero-order valence-electron chi connectivity index (χ0n) is 12.1. The second-order valence-corrected chi connectivity index (χ2v) is 5.44. The molecule has 0 bridgehead atoms. The van der Waals surface area contributed by atoms with E-state index in [0.717, 1.165) is 0 Å². The van der Waals surface area contributed by atoms with Gasteiger partial charge in [-0.1, -0.05) is 11.6 Å². The van der Waals surface area contributed by atoms with Crippen LogP contribution in [0.1, 0.15) is 0 Å². The summed E-state index contributed by atoms with van der Waals surface area (Å²) in [6.45, 7) is 2.07. The maximum Gasteiger partial charge on any atom is 0.409 e. The largest absolute Gasteiger partial charge is 0.453 e. The fraction of sp³-hybridized carbons (Fsp3) is 0.333. The van der Waals surface area contributed by atoms with Gasteiger partial charge in [0.05, 0.1) is 17.8 Å². The predicted molar refractivity (Wildman–Crippen MR) is 82.9 cm³/mol. The molecule has 22 heavy (non-hydrogen) atoms. The first-order valence-electron chi connectivity index (χ1n) is 6.92. The zero-order valence-corrected chi connectivity index (χ0v) is 12.8. The van der Waals surface area contributed by atoms with Crippen LogP contribution in [0.3, 0.4) is 0 Å². The molecule has 2 heterocycles. The van der Waals surface area contributed by atoms with Crippen LogP contribution in [0.2, 0.25) is 5.02 Å². The summed E-state index contributed by atoms with van der Waals surface area (Å²) in [6, 6.07) is 5.12. The Morgan fingerprint density at radius 3 is 2.68 bits per heavy atom. The van der Waals surface area contributed by atoms with Crippen molar-refractivity contribution in [3.63, 3.8) is 0 Å². The molecule has 1 aliphatic rings. The van der Waals surface area contributed by atoms with E-state index in [9.17, 15) is 9.18 Å². The van der Waals surface area contributed by atoms with E-state index in [1.807, 2.05) is 4.90 Å². The quantitative estimate of drug-likeness (QED) is 0.809. The number of amides is 1. The number of nitrogens with zero attached hydrogens (tertiary/aromatic N) is 3. The van der Waals surface area contributed by atoms with Crippen LogP contribution < -0.4 is 4.90 Å². The summed E-state index contributed by atoms with van der Waals surface area (Å²) >= 11 is 6.06. The third-order valence-corrected chi connectivity index (χ3v) is 4.16. The highest BCUT2D eigenvalue weighted by Crippen LogP contribution is 2.30. The van der Waals surface area contributed by atoms with Gasteiger partial charge in [0.25, 0.3) is 0 Å². The van der Waals surface area contributed by atoms with Crippen LogP contribution in [0, 0.1) is 5.82 Å². The maximum atomic E-state index is 14.7. The summed E-state index contributed by atoms with van der Waals surface area (Å²) in [6.07, 6.45) is 1.14. The number of rotatable bonds is 1. The highest BCUT2D eigenvalue weighted by Gasteiger charge is 2.24. The van der Waals surface area contributed by atoms with Crippen molar-refractivity contribution in [2.45, 2.75) is 0 Å². The van der Waals surface area contributed by atoms with Crippen molar-refractivity contribution in [3.8, 4) is 0 Å². The highest BCUT2D eigenvalue weighted by atomic mass is 35.5. The Bertz CT molecular complexity index is 717. The van der Waals surface area contributed by atoms with Gasteiger partial charge < -0.3 is 14.5 Å². The maximum absolute atomic E-state index is 14.7. The minimum atomic E-state index is -0.383.